The van der Waals surface area contributed by atoms with Crippen LogP contribution in [0.25, 0.3) is 0 Å². The van der Waals surface area contributed by atoms with E-state index in [9.17, 15) is 13.2 Å². The first-order valence-electron chi connectivity index (χ1n) is 7.71. The molecule has 0 atom stereocenters. The van der Waals surface area contributed by atoms with E-state index in [-0.39, 0.29) is 21.2 Å². The highest BCUT2D eigenvalue weighted by atomic mass is 79.9. The van der Waals surface area contributed by atoms with Crippen molar-refractivity contribution in [1.82, 2.24) is 0 Å². The number of rotatable bonds is 5. The second-order valence-corrected chi connectivity index (χ2v) is 8.35. The minimum atomic E-state index is -4.09. The number of amides is 1. The Bertz CT molecular complexity index is 1090. The van der Waals surface area contributed by atoms with Crippen LogP contribution >= 0.6 is 27.5 Å². The van der Waals surface area contributed by atoms with Gasteiger partial charge in [-0.3, -0.25) is 4.79 Å². The summed E-state index contributed by atoms with van der Waals surface area (Å²) >= 11 is 9.31. The molecular weight excluding hydrogens is 454 g/mol. The molecule has 0 unspecified atom stereocenters. The fourth-order valence-corrected chi connectivity index (χ4v) is 3.81. The van der Waals surface area contributed by atoms with Crippen LogP contribution in [0.15, 0.2) is 82.2 Å². The van der Waals surface area contributed by atoms with E-state index >= 15 is 0 Å². The average Bonchev–Trinajstić information content (AvgIpc) is 2.64. The second-order valence-electron chi connectivity index (χ2n) is 5.46. The van der Waals surface area contributed by atoms with Gasteiger partial charge < -0.3 is 9.50 Å². The van der Waals surface area contributed by atoms with Crippen LogP contribution in [0, 0.1) is 0 Å². The van der Waals surface area contributed by atoms with E-state index < -0.39 is 16.0 Å². The first-order chi connectivity index (χ1) is 12.8. The molecule has 3 aromatic carbocycles. The molecular formula is C19H13BrClNO4S. The van der Waals surface area contributed by atoms with Crippen molar-refractivity contribution < 1.29 is 17.4 Å². The number of hydrogen-bond acceptors (Lipinski definition) is 4. The molecule has 138 valence electrons. The second kappa shape index (κ2) is 8.12. The molecule has 5 nitrogen and oxygen atoms in total. The van der Waals surface area contributed by atoms with Gasteiger partial charge in [0.25, 0.3) is 5.91 Å². The fraction of sp³-hybridized carbons (Fsp3) is 0. The smallest absolute Gasteiger partial charge is 0.339 e. The molecule has 0 fully saturated rings. The molecule has 8 heteroatoms. The maximum Gasteiger partial charge on any atom is 0.339 e. The molecule has 1 amide bonds. The summed E-state index contributed by atoms with van der Waals surface area (Å²) in [4.78, 5) is 12.6. The molecule has 0 spiro atoms. The van der Waals surface area contributed by atoms with Crippen molar-refractivity contribution in [3.8, 4) is 5.75 Å². The van der Waals surface area contributed by atoms with E-state index in [2.05, 4.69) is 21.2 Å². The van der Waals surface area contributed by atoms with Crippen LogP contribution in [0.1, 0.15) is 10.4 Å². The number of anilines is 1. The molecule has 3 aromatic rings. The zero-order chi connectivity index (χ0) is 19.4. The molecule has 1 N–H and O–H groups in total. The van der Waals surface area contributed by atoms with E-state index in [1.807, 2.05) is 6.07 Å². The van der Waals surface area contributed by atoms with Gasteiger partial charge in [-0.05, 0) is 48.5 Å². The van der Waals surface area contributed by atoms with Crippen LogP contribution < -0.4 is 9.50 Å². The van der Waals surface area contributed by atoms with Gasteiger partial charge in [-0.25, -0.2) is 0 Å². The third-order valence-corrected chi connectivity index (χ3v) is 5.48. The van der Waals surface area contributed by atoms with Gasteiger partial charge >= 0.3 is 10.1 Å². The Hall–Kier alpha value is -2.35. The highest BCUT2D eigenvalue weighted by Crippen LogP contribution is 2.27. The molecule has 0 aliphatic heterocycles. The maximum atomic E-state index is 12.7. The Kier molecular flexibility index (Phi) is 5.84. The maximum absolute atomic E-state index is 12.7. The lowest BCUT2D eigenvalue weighted by Gasteiger charge is -2.12. The SMILES string of the molecule is O=C(Nc1cccc(Br)c1)c1cc(Cl)ccc1OS(=O)(=O)c1ccccc1. The molecule has 0 aliphatic carbocycles. The summed E-state index contributed by atoms with van der Waals surface area (Å²) < 4.78 is 30.9. The van der Waals surface area contributed by atoms with Crippen LogP contribution in [-0.2, 0) is 10.1 Å². The summed E-state index contributed by atoms with van der Waals surface area (Å²) in [6, 6.07) is 18.8. The highest BCUT2D eigenvalue weighted by molar-refractivity contribution is 9.10. The predicted octanol–water partition coefficient (Wildman–Crippen LogP) is 5.12. The summed E-state index contributed by atoms with van der Waals surface area (Å²) in [6.07, 6.45) is 0. The summed E-state index contributed by atoms with van der Waals surface area (Å²) in [7, 11) is -4.09. The fourth-order valence-electron chi connectivity index (χ4n) is 2.27. The van der Waals surface area contributed by atoms with Crippen molar-refractivity contribution in [3.05, 3.63) is 87.9 Å². The normalized spacial score (nSPS) is 11.0. The highest BCUT2D eigenvalue weighted by Gasteiger charge is 2.21. The van der Waals surface area contributed by atoms with Gasteiger partial charge in [-0.2, -0.15) is 8.42 Å². The van der Waals surface area contributed by atoms with Gasteiger partial charge in [0, 0.05) is 15.2 Å². The van der Waals surface area contributed by atoms with Gasteiger partial charge in [0.05, 0.1) is 5.56 Å². The molecule has 3 rings (SSSR count). The Morgan fingerprint density at radius 3 is 2.41 bits per heavy atom. The average molecular weight is 467 g/mol. The van der Waals surface area contributed by atoms with Gasteiger partial charge in [-0.15, -0.1) is 0 Å². The molecule has 0 aromatic heterocycles. The van der Waals surface area contributed by atoms with Crippen molar-refractivity contribution in [1.29, 1.82) is 0 Å². The topological polar surface area (TPSA) is 72.5 Å². The zero-order valence-corrected chi connectivity index (χ0v) is 16.9. The van der Waals surface area contributed by atoms with Gasteiger partial charge in [0.2, 0.25) is 0 Å². The lowest BCUT2D eigenvalue weighted by atomic mass is 10.2. The molecule has 0 saturated carbocycles. The van der Waals surface area contributed by atoms with E-state index in [4.69, 9.17) is 15.8 Å². The first-order valence-corrected chi connectivity index (χ1v) is 10.3. The van der Waals surface area contributed by atoms with Crippen molar-refractivity contribution in [3.63, 3.8) is 0 Å². The van der Waals surface area contributed by atoms with Gasteiger partial charge in [0.1, 0.15) is 4.90 Å². The molecule has 0 aliphatic rings. The number of nitrogens with one attached hydrogen (secondary N) is 1. The minimum Gasteiger partial charge on any atom is -0.378 e. The van der Waals surface area contributed by atoms with Crippen molar-refractivity contribution >= 4 is 49.2 Å². The number of carbonyl (C=O) groups excluding carboxylic acids is 1. The Labute approximate surface area is 170 Å². The van der Waals surface area contributed by atoms with Crippen molar-refractivity contribution in [2.75, 3.05) is 5.32 Å². The lowest BCUT2D eigenvalue weighted by Crippen LogP contribution is -2.16. The summed E-state index contributed by atoms with van der Waals surface area (Å²) in [5, 5.41) is 2.97. The van der Waals surface area contributed by atoms with Crippen LogP contribution in [-0.4, -0.2) is 14.3 Å². The monoisotopic (exact) mass is 465 g/mol. The molecule has 27 heavy (non-hydrogen) atoms. The zero-order valence-electron chi connectivity index (χ0n) is 13.7. The third kappa shape index (κ3) is 4.88. The molecule has 0 bridgehead atoms. The largest absolute Gasteiger partial charge is 0.378 e. The molecule has 0 heterocycles. The third-order valence-electron chi connectivity index (χ3n) is 3.50. The van der Waals surface area contributed by atoms with Crippen molar-refractivity contribution in [2.24, 2.45) is 0 Å². The summed E-state index contributed by atoms with van der Waals surface area (Å²) in [5.74, 6) is -0.662. The Balaban J connectivity index is 1.92. The lowest BCUT2D eigenvalue weighted by molar-refractivity contribution is 0.102. The van der Waals surface area contributed by atoms with Crippen LogP contribution in [0.2, 0.25) is 5.02 Å². The van der Waals surface area contributed by atoms with Crippen LogP contribution in [0.3, 0.4) is 0 Å². The minimum absolute atomic E-state index is 0.00183. The number of benzene rings is 3. The summed E-state index contributed by atoms with van der Waals surface area (Å²) in [5.41, 5.74) is 0.535. The first kappa shape index (κ1) is 19.4. The number of halogens is 2. The molecule has 0 radical (unpaired) electrons. The van der Waals surface area contributed by atoms with Crippen LogP contribution in [0.4, 0.5) is 5.69 Å². The van der Waals surface area contributed by atoms with E-state index in [1.54, 1.807) is 36.4 Å². The summed E-state index contributed by atoms with van der Waals surface area (Å²) in [6.45, 7) is 0. The van der Waals surface area contributed by atoms with E-state index in [1.165, 1.54) is 30.3 Å². The van der Waals surface area contributed by atoms with E-state index in [0.29, 0.717) is 5.69 Å². The number of hydrogen-bond donors (Lipinski definition) is 1. The standard InChI is InChI=1S/C19H13BrClNO4S/c20-13-5-4-6-15(11-13)22-19(23)17-12-14(21)9-10-18(17)26-27(24,25)16-7-2-1-3-8-16/h1-12H,(H,22,23). The Morgan fingerprint density at radius 2 is 1.70 bits per heavy atom. The van der Waals surface area contributed by atoms with Gasteiger partial charge in [0.15, 0.2) is 5.75 Å². The van der Waals surface area contributed by atoms with Gasteiger partial charge in [-0.1, -0.05) is 51.8 Å². The van der Waals surface area contributed by atoms with E-state index in [0.717, 1.165) is 4.47 Å². The molecule has 0 saturated heterocycles. The van der Waals surface area contributed by atoms with Crippen molar-refractivity contribution in [2.45, 2.75) is 4.90 Å². The Morgan fingerprint density at radius 1 is 0.963 bits per heavy atom. The number of carbonyl (C=O) groups is 1. The van der Waals surface area contributed by atoms with Crippen LogP contribution in [0.5, 0.6) is 5.75 Å². The predicted molar refractivity (Wildman–Crippen MR) is 108 cm³/mol. The quantitative estimate of drug-likeness (QED) is 0.530.